The van der Waals surface area contributed by atoms with Crippen LogP contribution in [0.4, 0.5) is 5.69 Å². The standard InChI is InChI=1S/C28H36N4O5/c33-27(19-3-7-24-25(15-19)36-14-13-35-24)23(18-31-10-1-2-11-31)30-28(34)20-9-12-32(17-20)21-4-8-26(29-16-21)37-22-5-6-22/h3-4,7-8,15-16,20,22-23,27,33H,1-2,5-6,9-14,17-18H2,(H,30,34)/t20-,23?,27?/m0/s1. The minimum Gasteiger partial charge on any atom is -0.486 e. The van der Waals surface area contributed by atoms with Crippen LogP contribution < -0.4 is 24.4 Å². The molecule has 0 bridgehead atoms. The number of aliphatic hydroxyl groups is 1. The molecule has 6 rings (SSSR count). The minimum absolute atomic E-state index is 0.00932. The molecular weight excluding hydrogens is 472 g/mol. The molecule has 3 aliphatic heterocycles. The number of carbonyl (C=O) groups excluding carboxylic acids is 1. The molecule has 2 N–H and O–H groups in total. The van der Waals surface area contributed by atoms with Gasteiger partial charge in [-0.05, 0) is 69.0 Å². The van der Waals surface area contributed by atoms with Gasteiger partial charge in [0.25, 0.3) is 0 Å². The number of fused-ring (bicyclic) bond motifs is 1. The summed E-state index contributed by atoms with van der Waals surface area (Å²) in [4.78, 5) is 22.4. The summed E-state index contributed by atoms with van der Waals surface area (Å²) < 4.78 is 17.1. The number of likely N-dealkylation sites (tertiary alicyclic amines) is 1. The highest BCUT2D eigenvalue weighted by molar-refractivity contribution is 5.80. The van der Waals surface area contributed by atoms with E-state index in [0.29, 0.717) is 49.8 Å². The van der Waals surface area contributed by atoms with Crippen molar-refractivity contribution in [3.63, 3.8) is 0 Å². The fraction of sp³-hybridized carbons (Fsp3) is 0.571. The molecule has 9 nitrogen and oxygen atoms in total. The number of hydrogen-bond acceptors (Lipinski definition) is 8. The van der Waals surface area contributed by atoms with E-state index in [4.69, 9.17) is 14.2 Å². The Morgan fingerprint density at radius 1 is 1.08 bits per heavy atom. The second-order valence-electron chi connectivity index (χ2n) is 10.6. The molecular formula is C28H36N4O5. The lowest BCUT2D eigenvalue weighted by Gasteiger charge is -2.30. The van der Waals surface area contributed by atoms with E-state index in [2.05, 4.69) is 20.1 Å². The van der Waals surface area contributed by atoms with Gasteiger partial charge in [-0.15, -0.1) is 0 Å². The van der Waals surface area contributed by atoms with Crippen LogP contribution in [0.1, 0.15) is 43.8 Å². The Balaban J connectivity index is 1.11. The Labute approximate surface area is 217 Å². The molecule has 1 aliphatic carbocycles. The van der Waals surface area contributed by atoms with E-state index in [1.54, 1.807) is 0 Å². The number of aliphatic hydroxyl groups excluding tert-OH is 1. The zero-order valence-corrected chi connectivity index (χ0v) is 21.2. The Hall–Kier alpha value is -3.04. The molecule has 3 atom stereocenters. The second kappa shape index (κ2) is 10.8. The number of rotatable bonds is 9. The summed E-state index contributed by atoms with van der Waals surface area (Å²) in [6.07, 6.45) is 6.59. The van der Waals surface area contributed by atoms with Gasteiger partial charge in [-0.2, -0.15) is 0 Å². The van der Waals surface area contributed by atoms with Crippen molar-refractivity contribution < 1.29 is 24.1 Å². The summed E-state index contributed by atoms with van der Waals surface area (Å²) in [6, 6.07) is 9.06. The predicted octanol–water partition coefficient (Wildman–Crippen LogP) is 2.53. The van der Waals surface area contributed by atoms with Gasteiger partial charge in [0.1, 0.15) is 25.4 Å². The van der Waals surface area contributed by atoms with Crippen molar-refractivity contribution in [3.8, 4) is 17.4 Å². The number of nitrogens with one attached hydrogen (secondary N) is 1. The van der Waals surface area contributed by atoms with Crippen molar-refractivity contribution >= 4 is 11.6 Å². The van der Waals surface area contributed by atoms with Crippen LogP contribution in [0.5, 0.6) is 17.4 Å². The zero-order valence-electron chi connectivity index (χ0n) is 21.2. The van der Waals surface area contributed by atoms with E-state index in [1.807, 2.05) is 36.5 Å². The maximum atomic E-state index is 13.4. The molecule has 1 saturated carbocycles. The average molecular weight is 509 g/mol. The third kappa shape index (κ3) is 5.78. The summed E-state index contributed by atoms with van der Waals surface area (Å²) in [5, 5.41) is 14.6. The van der Waals surface area contributed by atoms with Gasteiger partial charge < -0.3 is 34.4 Å². The van der Waals surface area contributed by atoms with E-state index < -0.39 is 12.1 Å². The third-order valence-electron chi connectivity index (χ3n) is 7.73. The highest BCUT2D eigenvalue weighted by atomic mass is 16.6. The van der Waals surface area contributed by atoms with Crippen molar-refractivity contribution in [1.29, 1.82) is 0 Å². The number of hydrogen-bond donors (Lipinski definition) is 2. The van der Waals surface area contributed by atoms with Crippen LogP contribution >= 0.6 is 0 Å². The molecule has 0 spiro atoms. The molecule has 0 radical (unpaired) electrons. The third-order valence-corrected chi connectivity index (χ3v) is 7.73. The first-order valence-corrected chi connectivity index (χ1v) is 13.6. The quantitative estimate of drug-likeness (QED) is 0.534. The highest BCUT2D eigenvalue weighted by Crippen LogP contribution is 2.34. The normalized spacial score (nSPS) is 23.1. The molecule has 2 unspecified atom stereocenters. The topological polar surface area (TPSA) is 96.4 Å². The Morgan fingerprint density at radius 3 is 2.65 bits per heavy atom. The lowest BCUT2D eigenvalue weighted by atomic mass is 9.99. The molecule has 4 aliphatic rings. The van der Waals surface area contributed by atoms with Gasteiger partial charge in [0.15, 0.2) is 11.5 Å². The van der Waals surface area contributed by atoms with Crippen LogP contribution in [-0.4, -0.2) is 79.0 Å². The number of carbonyl (C=O) groups is 1. The first-order valence-electron chi connectivity index (χ1n) is 13.6. The fourth-order valence-corrected chi connectivity index (χ4v) is 5.44. The molecule has 2 saturated heterocycles. The monoisotopic (exact) mass is 508 g/mol. The summed E-state index contributed by atoms with van der Waals surface area (Å²) in [5.74, 6) is 1.84. The lowest BCUT2D eigenvalue weighted by Crippen LogP contribution is -2.48. The SMILES string of the molecule is O=C(NC(CN1CCCC1)C(O)c1ccc2c(c1)OCCO2)[C@H]1CCN(c2ccc(OC3CC3)nc2)C1. The lowest BCUT2D eigenvalue weighted by molar-refractivity contribution is -0.126. The smallest absolute Gasteiger partial charge is 0.225 e. The first kappa shape index (κ1) is 24.3. The van der Waals surface area contributed by atoms with Crippen molar-refractivity contribution in [1.82, 2.24) is 15.2 Å². The van der Waals surface area contributed by atoms with E-state index in [-0.39, 0.29) is 11.8 Å². The first-order chi connectivity index (χ1) is 18.1. The molecule has 198 valence electrons. The van der Waals surface area contributed by atoms with Gasteiger partial charge in [0.05, 0.1) is 23.8 Å². The van der Waals surface area contributed by atoms with E-state index >= 15 is 0 Å². The molecule has 4 heterocycles. The number of benzene rings is 1. The number of amides is 1. The molecule has 2 aromatic rings. The Kier molecular flexibility index (Phi) is 7.06. The number of nitrogens with zero attached hydrogens (tertiary/aromatic N) is 3. The van der Waals surface area contributed by atoms with E-state index in [9.17, 15) is 9.90 Å². The van der Waals surface area contributed by atoms with Gasteiger partial charge in [0, 0.05) is 25.7 Å². The Morgan fingerprint density at radius 2 is 1.89 bits per heavy atom. The second-order valence-corrected chi connectivity index (χ2v) is 10.6. The zero-order chi connectivity index (χ0) is 25.2. The maximum absolute atomic E-state index is 13.4. The van der Waals surface area contributed by atoms with Crippen LogP contribution in [0.25, 0.3) is 0 Å². The predicted molar refractivity (Wildman–Crippen MR) is 138 cm³/mol. The summed E-state index contributed by atoms with van der Waals surface area (Å²) in [6.45, 7) is 5.04. The molecule has 1 aromatic heterocycles. The summed E-state index contributed by atoms with van der Waals surface area (Å²) >= 11 is 0. The maximum Gasteiger partial charge on any atom is 0.225 e. The number of pyridine rings is 1. The van der Waals surface area contributed by atoms with Gasteiger partial charge in [0.2, 0.25) is 11.8 Å². The number of anilines is 1. The van der Waals surface area contributed by atoms with Gasteiger partial charge in [-0.25, -0.2) is 4.98 Å². The van der Waals surface area contributed by atoms with Crippen molar-refractivity contribution in [2.75, 3.05) is 50.8 Å². The van der Waals surface area contributed by atoms with Crippen molar-refractivity contribution in [2.24, 2.45) is 5.92 Å². The molecule has 9 heteroatoms. The van der Waals surface area contributed by atoms with Crippen LogP contribution in [0, 0.1) is 5.92 Å². The number of aromatic nitrogens is 1. The average Bonchev–Trinajstić information content (AvgIpc) is 3.37. The molecule has 37 heavy (non-hydrogen) atoms. The summed E-state index contributed by atoms with van der Waals surface area (Å²) in [5.41, 5.74) is 1.73. The van der Waals surface area contributed by atoms with Gasteiger partial charge in [-0.1, -0.05) is 6.07 Å². The molecule has 1 aromatic carbocycles. The number of ether oxygens (including phenoxy) is 3. The van der Waals surface area contributed by atoms with Crippen molar-refractivity contribution in [3.05, 3.63) is 42.1 Å². The van der Waals surface area contributed by atoms with Crippen LogP contribution in [0.2, 0.25) is 0 Å². The summed E-state index contributed by atoms with van der Waals surface area (Å²) in [7, 11) is 0. The Bertz CT molecular complexity index is 1090. The highest BCUT2D eigenvalue weighted by Gasteiger charge is 2.33. The van der Waals surface area contributed by atoms with Crippen molar-refractivity contribution in [2.45, 2.75) is 50.4 Å². The van der Waals surface area contributed by atoms with Crippen LogP contribution in [-0.2, 0) is 4.79 Å². The fourth-order valence-electron chi connectivity index (χ4n) is 5.44. The van der Waals surface area contributed by atoms with E-state index in [1.165, 1.54) is 0 Å². The van der Waals surface area contributed by atoms with Gasteiger partial charge >= 0.3 is 0 Å². The largest absolute Gasteiger partial charge is 0.486 e. The van der Waals surface area contributed by atoms with Gasteiger partial charge in [-0.3, -0.25) is 4.79 Å². The molecule has 3 fully saturated rings. The molecule has 1 amide bonds. The van der Waals surface area contributed by atoms with Crippen LogP contribution in [0.15, 0.2) is 36.5 Å². The van der Waals surface area contributed by atoms with Crippen LogP contribution in [0.3, 0.4) is 0 Å². The van der Waals surface area contributed by atoms with E-state index in [0.717, 1.165) is 63.0 Å². The minimum atomic E-state index is -0.846.